The van der Waals surface area contributed by atoms with Crippen LogP contribution in [-0.4, -0.2) is 18.4 Å². The fraction of sp³-hybridized carbons (Fsp3) is 0.467. The van der Waals surface area contributed by atoms with Crippen LogP contribution in [0.4, 0.5) is 5.69 Å². The van der Waals surface area contributed by atoms with Gasteiger partial charge in [0.1, 0.15) is 0 Å². The van der Waals surface area contributed by atoms with Crippen molar-refractivity contribution >= 4 is 17.5 Å². The molecule has 2 saturated carbocycles. The Balaban J connectivity index is 1.54. The molecule has 3 rings (SSSR count). The molecular weight excluding hydrogens is 240 g/mol. The van der Waals surface area contributed by atoms with Crippen LogP contribution in [0.1, 0.15) is 36.0 Å². The quantitative estimate of drug-likeness (QED) is 0.850. The maximum absolute atomic E-state index is 11.8. The lowest BCUT2D eigenvalue weighted by Crippen LogP contribution is -2.25. The van der Waals surface area contributed by atoms with Gasteiger partial charge in [0.2, 0.25) is 5.91 Å². The second kappa shape index (κ2) is 5.03. The van der Waals surface area contributed by atoms with E-state index in [9.17, 15) is 9.59 Å². The van der Waals surface area contributed by atoms with E-state index in [0.717, 1.165) is 25.1 Å². The molecule has 4 heteroatoms. The van der Waals surface area contributed by atoms with Crippen LogP contribution < -0.4 is 10.6 Å². The van der Waals surface area contributed by atoms with Crippen LogP contribution in [0, 0.1) is 11.8 Å². The van der Waals surface area contributed by atoms with E-state index in [2.05, 4.69) is 10.6 Å². The van der Waals surface area contributed by atoms with Crippen molar-refractivity contribution in [1.29, 1.82) is 0 Å². The third-order valence-electron chi connectivity index (χ3n) is 3.61. The van der Waals surface area contributed by atoms with Gasteiger partial charge < -0.3 is 10.6 Å². The molecule has 0 aliphatic heterocycles. The first-order chi connectivity index (χ1) is 9.22. The summed E-state index contributed by atoms with van der Waals surface area (Å²) in [4.78, 5) is 23.4. The van der Waals surface area contributed by atoms with Crippen molar-refractivity contribution in [3.8, 4) is 0 Å². The fourth-order valence-corrected chi connectivity index (χ4v) is 1.96. The minimum atomic E-state index is -0.0352. The van der Waals surface area contributed by atoms with Gasteiger partial charge in [0, 0.05) is 23.7 Å². The Labute approximate surface area is 112 Å². The van der Waals surface area contributed by atoms with Crippen LogP contribution in [0.3, 0.4) is 0 Å². The molecule has 0 atom stereocenters. The highest BCUT2D eigenvalue weighted by Gasteiger charge is 2.29. The van der Waals surface area contributed by atoms with Crippen LogP contribution >= 0.6 is 0 Å². The highest BCUT2D eigenvalue weighted by Crippen LogP contribution is 2.30. The number of hydrogen-bond donors (Lipinski definition) is 2. The van der Waals surface area contributed by atoms with E-state index in [-0.39, 0.29) is 17.7 Å². The lowest BCUT2D eigenvalue weighted by atomic mass is 10.2. The predicted octanol–water partition coefficient (Wildman–Crippen LogP) is 2.17. The molecule has 0 bridgehead atoms. The van der Waals surface area contributed by atoms with Crippen molar-refractivity contribution in [3.63, 3.8) is 0 Å². The molecule has 1 aromatic rings. The van der Waals surface area contributed by atoms with Crippen LogP contribution in [0.2, 0.25) is 0 Å². The molecule has 0 aromatic heterocycles. The van der Waals surface area contributed by atoms with Crippen LogP contribution in [0.15, 0.2) is 24.3 Å². The van der Waals surface area contributed by atoms with Gasteiger partial charge in [0.15, 0.2) is 0 Å². The first-order valence-corrected chi connectivity index (χ1v) is 6.91. The van der Waals surface area contributed by atoms with Gasteiger partial charge in [0.05, 0.1) is 0 Å². The Kier molecular flexibility index (Phi) is 3.23. The lowest BCUT2D eigenvalue weighted by Gasteiger charge is -2.06. The van der Waals surface area contributed by atoms with Crippen LogP contribution in [0.5, 0.6) is 0 Å². The van der Waals surface area contributed by atoms with Crippen LogP contribution in [-0.2, 0) is 4.79 Å². The molecule has 1 aromatic carbocycles. The maximum atomic E-state index is 11.8. The molecule has 0 saturated heterocycles. The van der Waals surface area contributed by atoms with E-state index in [1.807, 2.05) is 0 Å². The Morgan fingerprint density at radius 2 is 1.74 bits per heavy atom. The zero-order chi connectivity index (χ0) is 13.2. The van der Waals surface area contributed by atoms with Crippen molar-refractivity contribution in [2.45, 2.75) is 25.7 Å². The molecular formula is C15H18N2O2. The average molecular weight is 258 g/mol. The number of hydrogen-bond acceptors (Lipinski definition) is 2. The summed E-state index contributed by atoms with van der Waals surface area (Å²) < 4.78 is 0. The summed E-state index contributed by atoms with van der Waals surface area (Å²) >= 11 is 0. The van der Waals surface area contributed by atoms with Gasteiger partial charge in [0.25, 0.3) is 5.91 Å². The summed E-state index contributed by atoms with van der Waals surface area (Å²) in [5, 5.41) is 5.78. The predicted molar refractivity (Wildman–Crippen MR) is 72.9 cm³/mol. The second-order valence-electron chi connectivity index (χ2n) is 5.49. The van der Waals surface area contributed by atoms with Crippen LogP contribution in [0.25, 0.3) is 0 Å². The summed E-state index contributed by atoms with van der Waals surface area (Å²) in [7, 11) is 0. The molecule has 2 fully saturated rings. The van der Waals surface area contributed by atoms with Crippen molar-refractivity contribution in [2.75, 3.05) is 11.9 Å². The van der Waals surface area contributed by atoms with E-state index in [0.29, 0.717) is 11.5 Å². The third kappa shape index (κ3) is 3.34. The summed E-state index contributed by atoms with van der Waals surface area (Å²) in [6.45, 7) is 0.777. The smallest absolute Gasteiger partial charge is 0.251 e. The summed E-state index contributed by atoms with van der Waals surface area (Å²) in [6.07, 6.45) is 4.44. The minimum absolute atomic E-state index is 0.0352. The molecule has 0 radical (unpaired) electrons. The largest absolute Gasteiger partial charge is 0.352 e. The standard InChI is InChI=1S/C15H18N2O2/c18-14(16-9-10-1-2-10)11-5-7-13(8-6-11)17-15(19)12-3-4-12/h5-8,10,12H,1-4,9H2,(H,16,18)(H,17,19). The van der Waals surface area contributed by atoms with Gasteiger partial charge in [-0.15, -0.1) is 0 Å². The number of benzene rings is 1. The van der Waals surface area contributed by atoms with E-state index < -0.39 is 0 Å². The van der Waals surface area contributed by atoms with Crippen molar-refractivity contribution in [3.05, 3.63) is 29.8 Å². The molecule has 2 N–H and O–H groups in total. The van der Waals surface area contributed by atoms with Gasteiger partial charge in [-0.3, -0.25) is 9.59 Å². The first-order valence-electron chi connectivity index (χ1n) is 6.91. The van der Waals surface area contributed by atoms with E-state index in [1.54, 1.807) is 24.3 Å². The SMILES string of the molecule is O=C(NCC1CC1)c1ccc(NC(=O)C2CC2)cc1. The van der Waals surface area contributed by atoms with Gasteiger partial charge >= 0.3 is 0 Å². The van der Waals surface area contributed by atoms with E-state index in [4.69, 9.17) is 0 Å². The Bertz CT molecular complexity index is 487. The number of rotatable bonds is 5. The molecule has 0 heterocycles. The molecule has 100 valence electrons. The zero-order valence-electron chi connectivity index (χ0n) is 10.8. The first kappa shape index (κ1) is 12.2. The normalized spacial score (nSPS) is 17.9. The zero-order valence-corrected chi connectivity index (χ0v) is 10.8. The van der Waals surface area contributed by atoms with Crippen molar-refractivity contribution in [2.24, 2.45) is 11.8 Å². The Morgan fingerprint density at radius 1 is 1.05 bits per heavy atom. The summed E-state index contributed by atoms with van der Waals surface area (Å²) in [5.41, 5.74) is 1.40. The topological polar surface area (TPSA) is 58.2 Å². The average Bonchev–Trinajstić information content (AvgIpc) is 3.30. The number of anilines is 1. The third-order valence-corrected chi connectivity index (χ3v) is 3.61. The molecule has 0 spiro atoms. The van der Waals surface area contributed by atoms with Gasteiger partial charge in [-0.05, 0) is 55.9 Å². The van der Waals surface area contributed by atoms with E-state index in [1.165, 1.54) is 12.8 Å². The summed E-state index contributed by atoms with van der Waals surface area (Å²) in [6, 6.07) is 7.08. The number of nitrogens with one attached hydrogen (secondary N) is 2. The molecule has 2 aliphatic carbocycles. The van der Waals surface area contributed by atoms with Crippen molar-refractivity contribution in [1.82, 2.24) is 5.32 Å². The molecule has 0 unspecified atom stereocenters. The number of amides is 2. The minimum Gasteiger partial charge on any atom is -0.352 e. The molecule has 2 aliphatic rings. The Hall–Kier alpha value is -1.84. The second-order valence-corrected chi connectivity index (χ2v) is 5.49. The lowest BCUT2D eigenvalue weighted by molar-refractivity contribution is -0.117. The number of carbonyl (C=O) groups is 2. The van der Waals surface area contributed by atoms with Gasteiger partial charge in [-0.25, -0.2) is 0 Å². The maximum Gasteiger partial charge on any atom is 0.251 e. The fourth-order valence-electron chi connectivity index (χ4n) is 1.96. The molecule has 19 heavy (non-hydrogen) atoms. The highest BCUT2D eigenvalue weighted by molar-refractivity contribution is 5.96. The summed E-state index contributed by atoms with van der Waals surface area (Å²) in [5.74, 6) is 0.931. The number of carbonyl (C=O) groups excluding carboxylic acids is 2. The van der Waals surface area contributed by atoms with Gasteiger partial charge in [-0.2, -0.15) is 0 Å². The van der Waals surface area contributed by atoms with E-state index >= 15 is 0 Å². The highest BCUT2D eigenvalue weighted by atomic mass is 16.2. The van der Waals surface area contributed by atoms with Crippen molar-refractivity contribution < 1.29 is 9.59 Å². The van der Waals surface area contributed by atoms with Gasteiger partial charge in [-0.1, -0.05) is 0 Å². The molecule has 4 nitrogen and oxygen atoms in total. The Morgan fingerprint density at radius 3 is 2.32 bits per heavy atom. The molecule has 2 amide bonds. The monoisotopic (exact) mass is 258 g/mol.